The van der Waals surface area contributed by atoms with Crippen LogP contribution in [0.3, 0.4) is 0 Å². The number of nitrogens with zero attached hydrogens (tertiary/aromatic N) is 2. The normalized spacial score (nSPS) is 32.2. The van der Waals surface area contributed by atoms with E-state index in [-0.39, 0.29) is 12.1 Å². The molecule has 70 valence electrons. The van der Waals surface area contributed by atoms with Gasteiger partial charge in [0.15, 0.2) is 0 Å². The Labute approximate surface area is 71.5 Å². The molecule has 0 bridgehead atoms. The first-order valence-electron chi connectivity index (χ1n) is 4.05. The molecule has 1 rings (SSSR count). The highest BCUT2D eigenvalue weighted by Gasteiger charge is 2.25. The van der Waals surface area contributed by atoms with Gasteiger partial charge < -0.3 is 20.9 Å². The van der Waals surface area contributed by atoms with Gasteiger partial charge in [0.25, 0.3) is 0 Å². The third-order valence-corrected chi connectivity index (χ3v) is 2.35. The highest BCUT2D eigenvalue weighted by Crippen LogP contribution is 2.16. The van der Waals surface area contributed by atoms with E-state index in [1.165, 1.54) is 0 Å². The van der Waals surface area contributed by atoms with Crippen LogP contribution in [-0.2, 0) is 0 Å². The zero-order valence-electron chi connectivity index (χ0n) is 7.14. The monoisotopic (exact) mass is 173 g/mol. The molecule has 0 radical (unpaired) electrons. The quantitative estimate of drug-likeness (QED) is 0.197. The topological polar surface area (TPSA) is 82.1 Å². The number of oxime groups is 1. The Bertz CT molecular complexity index is 183. The Balaban J connectivity index is 2.51. The zero-order valence-corrected chi connectivity index (χ0v) is 7.14. The highest BCUT2D eigenvalue weighted by molar-refractivity contribution is 5.77. The smallest absolute Gasteiger partial charge is 0.233 e. The van der Waals surface area contributed by atoms with Crippen molar-refractivity contribution in [2.24, 2.45) is 16.8 Å². The van der Waals surface area contributed by atoms with Crippen LogP contribution in [0.4, 0.5) is 0 Å². The number of rotatable bonds is 0. The molecule has 2 atom stereocenters. The summed E-state index contributed by atoms with van der Waals surface area (Å²) >= 11 is 0. The lowest BCUT2D eigenvalue weighted by Crippen LogP contribution is -2.48. The van der Waals surface area contributed by atoms with Gasteiger partial charge in [0.05, 0.1) is 6.10 Å². The fourth-order valence-electron chi connectivity index (χ4n) is 1.32. The molecule has 1 saturated heterocycles. The van der Waals surface area contributed by atoms with Gasteiger partial charge in [-0.05, 0) is 12.3 Å². The minimum Gasteiger partial charge on any atom is -0.408 e. The van der Waals surface area contributed by atoms with Gasteiger partial charge in [0, 0.05) is 13.1 Å². The first kappa shape index (κ1) is 9.12. The van der Waals surface area contributed by atoms with Crippen molar-refractivity contribution in [1.29, 1.82) is 0 Å². The van der Waals surface area contributed by atoms with E-state index >= 15 is 0 Å². The Morgan fingerprint density at radius 3 is 2.83 bits per heavy atom. The maximum atomic E-state index is 9.46. The maximum Gasteiger partial charge on any atom is 0.233 e. The summed E-state index contributed by atoms with van der Waals surface area (Å²) in [6.45, 7) is 3.19. The van der Waals surface area contributed by atoms with Crippen molar-refractivity contribution in [1.82, 2.24) is 4.90 Å². The number of hydrogen-bond donors (Lipinski definition) is 3. The van der Waals surface area contributed by atoms with E-state index in [2.05, 4.69) is 5.16 Å². The van der Waals surface area contributed by atoms with Crippen LogP contribution in [0.5, 0.6) is 0 Å². The number of guanidine groups is 1. The maximum absolute atomic E-state index is 9.46. The number of hydrogen-bond acceptors (Lipinski definition) is 3. The van der Waals surface area contributed by atoms with Crippen LogP contribution in [0.25, 0.3) is 0 Å². The van der Waals surface area contributed by atoms with Crippen LogP contribution in [0.1, 0.15) is 13.3 Å². The van der Waals surface area contributed by atoms with Gasteiger partial charge in [0.2, 0.25) is 5.96 Å². The average molecular weight is 173 g/mol. The van der Waals surface area contributed by atoms with Gasteiger partial charge in [-0.15, -0.1) is 0 Å². The molecule has 0 aliphatic carbocycles. The minimum atomic E-state index is -0.376. The Morgan fingerprint density at radius 2 is 2.33 bits per heavy atom. The van der Waals surface area contributed by atoms with Gasteiger partial charge in [-0.1, -0.05) is 12.1 Å². The molecule has 1 aliphatic rings. The number of aliphatic hydroxyl groups excluding tert-OH is 1. The summed E-state index contributed by atoms with van der Waals surface area (Å²) < 4.78 is 0. The molecule has 0 aromatic rings. The van der Waals surface area contributed by atoms with Crippen molar-refractivity contribution in [3.05, 3.63) is 0 Å². The van der Waals surface area contributed by atoms with E-state index in [1.54, 1.807) is 4.90 Å². The van der Waals surface area contributed by atoms with Gasteiger partial charge in [-0.2, -0.15) is 0 Å². The molecule has 0 amide bonds. The second-order valence-corrected chi connectivity index (χ2v) is 3.24. The average Bonchev–Trinajstić information content (AvgIpc) is 2.08. The lowest BCUT2D eigenvalue weighted by molar-refractivity contribution is 0.0544. The van der Waals surface area contributed by atoms with E-state index in [0.29, 0.717) is 12.5 Å². The second kappa shape index (κ2) is 3.62. The van der Waals surface area contributed by atoms with Crippen LogP contribution in [0.15, 0.2) is 5.16 Å². The number of nitrogens with two attached hydrogens (primary N) is 1. The second-order valence-electron chi connectivity index (χ2n) is 3.24. The van der Waals surface area contributed by atoms with E-state index in [1.807, 2.05) is 6.92 Å². The first-order valence-corrected chi connectivity index (χ1v) is 4.05. The number of aliphatic hydroxyl groups is 1. The van der Waals surface area contributed by atoms with Crippen molar-refractivity contribution >= 4 is 5.96 Å². The molecule has 5 nitrogen and oxygen atoms in total. The van der Waals surface area contributed by atoms with Gasteiger partial charge >= 0.3 is 0 Å². The van der Waals surface area contributed by atoms with Crippen LogP contribution >= 0.6 is 0 Å². The molecule has 0 spiro atoms. The third kappa shape index (κ3) is 1.79. The molecule has 0 aromatic heterocycles. The summed E-state index contributed by atoms with van der Waals surface area (Å²) in [4.78, 5) is 1.67. The molecule has 12 heavy (non-hydrogen) atoms. The summed E-state index contributed by atoms with van der Waals surface area (Å²) in [7, 11) is 0. The standard InChI is InChI=1S/C7H15N3O2/c1-5-2-3-10(4-6(5)11)7(8)9-12/h5-6,11-12H,2-4H2,1H3,(H2,8,9). The molecule has 1 fully saturated rings. The summed E-state index contributed by atoms with van der Waals surface area (Å²) in [6.07, 6.45) is 0.497. The number of β-amino-alcohol motifs (C(OH)–C–C–N with tert-alkyl or cyclic N) is 1. The van der Waals surface area contributed by atoms with Crippen molar-refractivity contribution in [2.75, 3.05) is 13.1 Å². The van der Waals surface area contributed by atoms with E-state index < -0.39 is 0 Å². The van der Waals surface area contributed by atoms with Crippen molar-refractivity contribution < 1.29 is 10.3 Å². The van der Waals surface area contributed by atoms with Crippen LogP contribution < -0.4 is 5.73 Å². The highest BCUT2D eigenvalue weighted by atomic mass is 16.4. The van der Waals surface area contributed by atoms with Gasteiger partial charge in [0.1, 0.15) is 0 Å². The van der Waals surface area contributed by atoms with Crippen LogP contribution in [0.2, 0.25) is 0 Å². The Hall–Kier alpha value is -0.970. The molecule has 1 aliphatic heterocycles. The van der Waals surface area contributed by atoms with Crippen molar-refractivity contribution in [3.63, 3.8) is 0 Å². The van der Waals surface area contributed by atoms with Gasteiger partial charge in [-0.25, -0.2) is 0 Å². The predicted octanol–water partition coefficient (Wildman–Crippen LogP) is -0.607. The van der Waals surface area contributed by atoms with E-state index in [4.69, 9.17) is 10.9 Å². The van der Waals surface area contributed by atoms with E-state index in [9.17, 15) is 5.11 Å². The van der Waals surface area contributed by atoms with Crippen molar-refractivity contribution in [2.45, 2.75) is 19.4 Å². The van der Waals surface area contributed by atoms with E-state index in [0.717, 1.165) is 13.0 Å². The number of likely N-dealkylation sites (tertiary alicyclic amines) is 1. The largest absolute Gasteiger partial charge is 0.408 e. The molecular weight excluding hydrogens is 158 g/mol. The fourth-order valence-corrected chi connectivity index (χ4v) is 1.32. The Morgan fingerprint density at radius 1 is 1.67 bits per heavy atom. The predicted molar refractivity (Wildman–Crippen MR) is 44.8 cm³/mol. The summed E-state index contributed by atoms with van der Waals surface area (Å²) in [5.41, 5.74) is 5.37. The molecule has 5 heteroatoms. The minimum absolute atomic E-state index is 0.0842. The van der Waals surface area contributed by atoms with Gasteiger partial charge in [-0.3, -0.25) is 0 Å². The van der Waals surface area contributed by atoms with Crippen LogP contribution in [-0.4, -0.2) is 40.4 Å². The zero-order chi connectivity index (χ0) is 9.14. The molecule has 0 aromatic carbocycles. The molecule has 2 unspecified atom stereocenters. The first-order chi connectivity index (χ1) is 5.65. The molecule has 0 saturated carbocycles. The lowest BCUT2D eigenvalue weighted by Gasteiger charge is -2.34. The molecular formula is C7H15N3O2. The van der Waals surface area contributed by atoms with Crippen molar-refractivity contribution in [3.8, 4) is 0 Å². The summed E-state index contributed by atoms with van der Waals surface area (Å²) in [5.74, 6) is 0.383. The molecule has 1 heterocycles. The third-order valence-electron chi connectivity index (χ3n) is 2.35. The lowest BCUT2D eigenvalue weighted by atomic mass is 9.96. The SMILES string of the molecule is CC1CCN(/C(N)=N/O)CC1O. The fraction of sp³-hybridized carbons (Fsp3) is 0.857. The number of piperidine rings is 1. The Kier molecular flexibility index (Phi) is 2.75. The summed E-state index contributed by atoms with van der Waals surface area (Å²) in [6, 6.07) is 0. The molecule has 4 N–H and O–H groups in total. The van der Waals surface area contributed by atoms with Crippen LogP contribution in [0, 0.1) is 5.92 Å². The summed E-state index contributed by atoms with van der Waals surface area (Å²) in [5, 5.41) is 20.7.